The van der Waals surface area contributed by atoms with Crippen LogP contribution in [0.25, 0.3) is 11.1 Å². The highest BCUT2D eigenvalue weighted by Gasteiger charge is 2.44. The summed E-state index contributed by atoms with van der Waals surface area (Å²) in [6.45, 7) is 1.79. The molecule has 1 aromatic carbocycles. The molecule has 2 aromatic rings. The summed E-state index contributed by atoms with van der Waals surface area (Å²) >= 11 is 0. The monoisotopic (exact) mass is 624 g/mol. The van der Waals surface area contributed by atoms with Crippen molar-refractivity contribution in [1.29, 1.82) is 0 Å². The molecule has 3 fully saturated rings. The number of aromatic nitrogens is 1. The van der Waals surface area contributed by atoms with E-state index in [4.69, 9.17) is 20.6 Å². The van der Waals surface area contributed by atoms with Crippen molar-refractivity contribution in [3.63, 3.8) is 0 Å². The summed E-state index contributed by atoms with van der Waals surface area (Å²) in [6.07, 6.45) is 9.69. The van der Waals surface area contributed by atoms with Crippen LogP contribution >= 0.6 is 0 Å². The molecule has 5 N–H and O–H groups in total. The first-order chi connectivity index (χ1) is 21.8. The predicted octanol–water partition coefficient (Wildman–Crippen LogP) is 3.51. The van der Waals surface area contributed by atoms with Crippen LogP contribution in [0.2, 0.25) is 0 Å². The maximum Gasteiger partial charge on any atom is 0.410 e. The Balaban J connectivity index is 1.30. The number of likely N-dealkylation sites (tertiary alicyclic amines) is 2. The molecule has 5 rings (SSSR count). The van der Waals surface area contributed by atoms with Crippen LogP contribution in [0.4, 0.5) is 4.79 Å². The number of nitrogens with one attached hydrogen (secondary N) is 1. The van der Waals surface area contributed by atoms with Gasteiger partial charge in [0.2, 0.25) is 17.6 Å². The normalized spacial score (nSPS) is 22.0. The van der Waals surface area contributed by atoms with E-state index in [0.29, 0.717) is 62.3 Å². The van der Waals surface area contributed by atoms with Crippen molar-refractivity contribution in [2.45, 2.75) is 108 Å². The van der Waals surface area contributed by atoms with E-state index >= 15 is 0 Å². The molecule has 3 heterocycles. The number of para-hydroxylation sites is 2. The molecule has 12 heteroatoms. The molecule has 1 aromatic heterocycles. The quantitative estimate of drug-likeness (QED) is 0.223. The van der Waals surface area contributed by atoms with Crippen LogP contribution < -0.4 is 16.8 Å². The van der Waals surface area contributed by atoms with E-state index in [-0.39, 0.29) is 24.8 Å². The van der Waals surface area contributed by atoms with Gasteiger partial charge in [-0.2, -0.15) is 0 Å². The van der Waals surface area contributed by atoms with Crippen molar-refractivity contribution in [1.82, 2.24) is 20.1 Å². The van der Waals surface area contributed by atoms with Crippen LogP contribution in [-0.4, -0.2) is 88.9 Å². The minimum absolute atomic E-state index is 0.0740. The lowest BCUT2D eigenvalue weighted by atomic mass is 9.98. The summed E-state index contributed by atoms with van der Waals surface area (Å²) in [5, 5.41) is 2.88. The zero-order valence-electron chi connectivity index (χ0n) is 26.2. The molecule has 0 radical (unpaired) electrons. The minimum atomic E-state index is -0.942. The predicted molar refractivity (Wildman–Crippen MR) is 168 cm³/mol. The van der Waals surface area contributed by atoms with Gasteiger partial charge in [0.15, 0.2) is 5.58 Å². The van der Waals surface area contributed by atoms with Gasteiger partial charge in [-0.3, -0.25) is 14.4 Å². The number of hydrogen-bond acceptors (Lipinski definition) is 9. The van der Waals surface area contributed by atoms with Crippen molar-refractivity contribution in [3.8, 4) is 0 Å². The Morgan fingerprint density at radius 3 is 2.51 bits per heavy atom. The first-order valence-corrected chi connectivity index (χ1v) is 16.8. The third kappa shape index (κ3) is 8.40. The first-order valence-electron chi connectivity index (χ1n) is 16.8. The summed E-state index contributed by atoms with van der Waals surface area (Å²) < 4.78 is 11.6. The molecule has 0 bridgehead atoms. The third-order valence-electron chi connectivity index (χ3n) is 9.49. The summed E-state index contributed by atoms with van der Waals surface area (Å²) in [6, 6.07) is 4.44. The van der Waals surface area contributed by atoms with Gasteiger partial charge in [0.05, 0.1) is 18.6 Å². The van der Waals surface area contributed by atoms with E-state index in [1.54, 1.807) is 29.2 Å². The highest BCUT2D eigenvalue weighted by Crippen LogP contribution is 2.30. The van der Waals surface area contributed by atoms with Crippen LogP contribution in [-0.2, 0) is 14.3 Å². The summed E-state index contributed by atoms with van der Waals surface area (Å²) in [5.41, 5.74) is 13.1. The van der Waals surface area contributed by atoms with E-state index < -0.39 is 42.0 Å². The number of nitrogens with two attached hydrogens (primary N) is 2. The second kappa shape index (κ2) is 15.7. The van der Waals surface area contributed by atoms with Gasteiger partial charge in [0, 0.05) is 19.5 Å². The molecule has 45 heavy (non-hydrogen) atoms. The van der Waals surface area contributed by atoms with Gasteiger partial charge in [-0.1, -0.05) is 37.8 Å². The van der Waals surface area contributed by atoms with E-state index in [0.717, 1.165) is 38.5 Å². The molecular weight excluding hydrogens is 576 g/mol. The number of oxazole rings is 1. The van der Waals surface area contributed by atoms with Gasteiger partial charge in [0.25, 0.3) is 5.89 Å². The molecule has 2 aliphatic heterocycles. The van der Waals surface area contributed by atoms with E-state index in [9.17, 15) is 19.2 Å². The third-order valence-corrected chi connectivity index (χ3v) is 9.49. The number of benzene rings is 1. The van der Waals surface area contributed by atoms with Crippen LogP contribution in [0.1, 0.15) is 94.2 Å². The van der Waals surface area contributed by atoms with Gasteiger partial charge in [-0.15, -0.1) is 0 Å². The molecular formula is C33H48N6O6. The van der Waals surface area contributed by atoms with Crippen LogP contribution in [0.15, 0.2) is 28.7 Å². The van der Waals surface area contributed by atoms with Crippen molar-refractivity contribution in [3.05, 3.63) is 30.2 Å². The molecule has 3 aliphatic rings. The number of amides is 3. The Morgan fingerprint density at radius 2 is 1.78 bits per heavy atom. The highest BCUT2D eigenvalue weighted by molar-refractivity contribution is 6.01. The molecule has 0 unspecified atom stereocenters. The van der Waals surface area contributed by atoms with Crippen LogP contribution in [0, 0.1) is 5.92 Å². The highest BCUT2D eigenvalue weighted by atomic mass is 16.6. The van der Waals surface area contributed by atoms with Crippen molar-refractivity contribution in [2.24, 2.45) is 17.4 Å². The molecule has 0 spiro atoms. The average Bonchev–Trinajstić information content (AvgIpc) is 3.83. The number of ether oxygens (including phenoxy) is 1. The number of rotatable bonds is 13. The zero-order chi connectivity index (χ0) is 31.8. The van der Waals surface area contributed by atoms with Gasteiger partial charge in [-0.05, 0) is 76.0 Å². The smallest absolute Gasteiger partial charge is 0.410 e. The topological polar surface area (TPSA) is 174 Å². The number of carbonyl (C=O) groups is 4. The standard InChI is InChI=1S/C33H48N6O6/c34-17-7-6-13-26(29(40)31-37-25-12-4-5-14-28(25)45-31)36-30(41)27-20-23(44-33(43)38-18-8-1-9-19-38)21-39(27)32(42)24(35)16-15-22-10-2-3-11-22/h4-5,12,14,22-24,26-27H,1-3,6-11,13,15-21,34-35H2,(H,36,41)/t23-,24-,26+,27+/m1/s1. The number of unbranched alkanes of at least 4 members (excludes halogenated alkanes) is 1. The number of ketones is 1. The molecule has 4 atom stereocenters. The van der Waals surface area contributed by atoms with Crippen molar-refractivity contribution in [2.75, 3.05) is 26.2 Å². The molecule has 2 saturated heterocycles. The number of Topliss-reactive ketones (excluding diaryl/α,β-unsaturated/α-hetero) is 1. The average molecular weight is 625 g/mol. The van der Waals surface area contributed by atoms with Crippen LogP contribution in [0.3, 0.4) is 0 Å². The molecule has 12 nitrogen and oxygen atoms in total. The Labute approximate surface area is 264 Å². The summed E-state index contributed by atoms with van der Waals surface area (Å²) in [4.78, 5) is 61.6. The molecule has 246 valence electrons. The number of fused-ring (bicyclic) bond motifs is 1. The number of piperidine rings is 1. The lowest BCUT2D eigenvalue weighted by molar-refractivity contribution is -0.139. The maximum absolute atomic E-state index is 13.9. The lowest BCUT2D eigenvalue weighted by Crippen LogP contribution is -2.54. The largest absolute Gasteiger partial charge is 0.444 e. The second-order valence-electron chi connectivity index (χ2n) is 12.8. The number of carbonyl (C=O) groups excluding carboxylic acids is 4. The SMILES string of the molecule is NCCCC[C@H](NC(=O)[C@@H]1C[C@@H](OC(=O)N2CCCCC2)CN1C(=O)[C@H](N)CCC1CCCC1)C(=O)c1nc2ccccc2o1. The molecule has 3 amide bonds. The fourth-order valence-corrected chi connectivity index (χ4v) is 6.88. The number of nitrogens with zero attached hydrogens (tertiary/aromatic N) is 3. The Morgan fingerprint density at radius 1 is 1.02 bits per heavy atom. The van der Waals surface area contributed by atoms with Crippen molar-refractivity contribution >= 4 is 34.8 Å². The second-order valence-corrected chi connectivity index (χ2v) is 12.8. The Hall–Kier alpha value is -3.51. The zero-order valence-corrected chi connectivity index (χ0v) is 26.2. The molecule has 1 aliphatic carbocycles. The van der Waals surface area contributed by atoms with Crippen LogP contribution in [0.5, 0.6) is 0 Å². The lowest BCUT2D eigenvalue weighted by Gasteiger charge is -2.28. The Kier molecular flexibility index (Phi) is 11.4. The van der Waals surface area contributed by atoms with E-state index in [1.165, 1.54) is 17.7 Å². The number of hydrogen-bond donors (Lipinski definition) is 3. The fraction of sp³-hybridized carbons (Fsp3) is 0.667. The summed E-state index contributed by atoms with van der Waals surface area (Å²) in [5.74, 6) is -0.795. The van der Waals surface area contributed by atoms with E-state index in [1.807, 2.05) is 0 Å². The van der Waals surface area contributed by atoms with Gasteiger partial charge in [-0.25, -0.2) is 9.78 Å². The maximum atomic E-state index is 13.9. The Bertz CT molecular complexity index is 1290. The molecule has 1 saturated carbocycles. The van der Waals surface area contributed by atoms with Gasteiger partial charge >= 0.3 is 6.09 Å². The van der Waals surface area contributed by atoms with Gasteiger partial charge in [0.1, 0.15) is 17.7 Å². The van der Waals surface area contributed by atoms with Crippen molar-refractivity contribution < 1.29 is 28.3 Å². The minimum Gasteiger partial charge on any atom is -0.444 e. The fourth-order valence-electron chi connectivity index (χ4n) is 6.88. The van der Waals surface area contributed by atoms with E-state index in [2.05, 4.69) is 10.3 Å². The first kappa shape index (κ1) is 32.9. The van der Waals surface area contributed by atoms with Gasteiger partial charge < -0.3 is 35.7 Å². The summed E-state index contributed by atoms with van der Waals surface area (Å²) in [7, 11) is 0.